The zero-order valence-electron chi connectivity index (χ0n) is 14.8. The Morgan fingerprint density at radius 2 is 2.04 bits per heavy atom. The molecule has 1 aromatic heterocycles. The topological polar surface area (TPSA) is 119 Å². The number of rotatable bonds is 7. The number of fused-ring (bicyclic) bond motifs is 1. The number of imidazole rings is 1. The van der Waals surface area contributed by atoms with Gasteiger partial charge in [0.1, 0.15) is 11.9 Å². The molecule has 0 aliphatic heterocycles. The van der Waals surface area contributed by atoms with E-state index in [-0.39, 0.29) is 17.4 Å². The molecule has 8 heteroatoms. The number of benzene rings is 1. The van der Waals surface area contributed by atoms with E-state index in [9.17, 15) is 14.7 Å². The number of H-pyrrole nitrogens is 1. The molecule has 0 bridgehead atoms. The number of aromatic nitrogens is 2. The van der Waals surface area contributed by atoms with Gasteiger partial charge in [-0.25, -0.2) is 9.78 Å². The van der Waals surface area contributed by atoms with Crippen LogP contribution in [0.1, 0.15) is 23.1 Å². The number of carbonyl (C=O) groups is 2. The predicted octanol–water partition coefficient (Wildman–Crippen LogP) is 0.477. The lowest BCUT2D eigenvalue weighted by atomic mass is 9.93. The lowest BCUT2D eigenvalue weighted by molar-refractivity contribution is -0.130. The summed E-state index contributed by atoms with van der Waals surface area (Å²) in [6.45, 7) is 1.85. The number of hydrogen-bond acceptors (Lipinski definition) is 5. The molecule has 0 fully saturated rings. The van der Waals surface area contributed by atoms with Gasteiger partial charge in [0, 0.05) is 13.5 Å². The number of aromatic carboxylic acids is 1. The highest BCUT2D eigenvalue weighted by atomic mass is 16.4. The van der Waals surface area contributed by atoms with Gasteiger partial charge in [0.15, 0.2) is 0 Å². The van der Waals surface area contributed by atoms with E-state index in [1.54, 1.807) is 25.1 Å². The Balaban J connectivity index is 2.18. The maximum absolute atomic E-state index is 12.0. The second-order valence-corrected chi connectivity index (χ2v) is 6.42. The van der Waals surface area contributed by atoms with Crippen LogP contribution in [0.15, 0.2) is 18.2 Å². The molecular weight excluding hydrogens is 324 g/mol. The van der Waals surface area contributed by atoms with Crippen LogP contribution in [0, 0.1) is 5.92 Å². The molecular formula is C17H24N4O4. The van der Waals surface area contributed by atoms with Crippen LogP contribution in [0.3, 0.4) is 0 Å². The fourth-order valence-corrected chi connectivity index (χ4v) is 2.87. The molecule has 8 nitrogen and oxygen atoms in total. The molecule has 0 saturated carbocycles. The van der Waals surface area contributed by atoms with Gasteiger partial charge >= 0.3 is 5.97 Å². The largest absolute Gasteiger partial charge is 0.478 e. The van der Waals surface area contributed by atoms with E-state index in [2.05, 4.69) is 15.3 Å². The number of carboxylic acid groups (broad SMARTS) is 1. The highest BCUT2D eigenvalue weighted by molar-refractivity contribution is 5.92. The highest BCUT2D eigenvalue weighted by Crippen LogP contribution is 2.19. The van der Waals surface area contributed by atoms with Crippen molar-refractivity contribution in [2.24, 2.45) is 5.92 Å². The molecule has 1 aromatic carbocycles. The molecule has 0 saturated heterocycles. The van der Waals surface area contributed by atoms with E-state index in [0.29, 0.717) is 17.8 Å². The Labute approximate surface area is 145 Å². The molecule has 3 atom stereocenters. The summed E-state index contributed by atoms with van der Waals surface area (Å²) in [5.74, 6) is -0.850. The van der Waals surface area contributed by atoms with Gasteiger partial charge < -0.3 is 20.5 Å². The molecule has 0 aliphatic carbocycles. The number of carboxylic acids is 1. The van der Waals surface area contributed by atoms with Gasteiger partial charge in [0.25, 0.3) is 0 Å². The van der Waals surface area contributed by atoms with Crippen LogP contribution in [0.2, 0.25) is 0 Å². The van der Waals surface area contributed by atoms with Crippen LogP contribution < -0.4 is 5.32 Å². The normalized spacial score (nSPS) is 15.1. The minimum atomic E-state index is -1.00. The minimum Gasteiger partial charge on any atom is -0.478 e. The van der Waals surface area contributed by atoms with E-state index < -0.39 is 18.1 Å². The van der Waals surface area contributed by atoms with E-state index in [1.165, 1.54) is 19.2 Å². The molecule has 1 heterocycles. The Hall–Kier alpha value is -2.45. The standard InChI is InChI=1S/C17H24N4O4/c1-9(15(22)14(21(3)4)16(23)18-2)7-13-19-11-6-5-10(17(24)25)8-12(11)20-13/h5-6,8-9,14-15,22H,7H2,1-4H3,(H,18,23)(H,19,20)(H,24,25)/t9-,14-,15-/m1/s1. The van der Waals surface area contributed by atoms with Gasteiger partial charge in [-0.2, -0.15) is 0 Å². The van der Waals surface area contributed by atoms with Gasteiger partial charge in [0.2, 0.25) is 5.91 Å². The molecule has 0 radical (unpaired) electrons. The monoisotopic (exact) mass is 348 g/mol. The van der Waals surface area contributed by atoms with Crippen molar-refractivity contribution in [2.75, 3.05) is 21.1 Å². The number of hydrogen-bond donors (Lipinski definition) is 4. The van der Waals surface area contributed by atoms with Gasteiger partial charge in [-0.15, -0.1) is 0 Å². The molecule has 136 valence electrons. The average Bonchev–Trinajstić information content (AvgIpc) is 2.95. The van der Waals surface area contributed by atoms with Crippen molar-refractivity contribution in [3.8, 4) is 0 Å². The minimum absolute atomic E-state index is 0.172. The fraction of sp³-hybridized carbons (Fsp3) is 0.471. The zero-order valence-corrected chi connectivity index (χ0v) is 14.8. The third kappa shape index (κ3) is 4.15. The number of likely N-dealkylation sites (N-methyl/N-ethyl adjacent to an activating group) is 2. The molecule has 2 rings (SSSR count). The number of nitrogens with zero attached hydrogens (tertiary/aromatic N) is 2. The third-order valence-electron chi connectivity index (χ3n) is 4.27. The quantitative estimate of drug-likeness (QED) is 0.578. The number of aliphatic hydroxyl groups excluding tert-OH is 1. The van der Waals surface area contributed by atoms with E-state index in [4.69, 9.17) is 5.11 Å². The summed E-state index contributed by atoms with van der Waals surface area (Å²) < 4.78 is 0. The number of aromatic amines is 1. The first-order chi connectivity index (χ1) is 11.7. The summed E-state index contributed by atoms with van der Waals surface area (Å²) in [7, 11) is 5.02. The van der Waals surface area contributed by atoms with Crippen molar-refractivity contribution in [3.05, 3.63) is 29.6 Å². The highest BCUT2D eigenvalue weighted by Gasteiger charge is 2.32. The number of amides is 1. The lowest BCUT2D eigenvalue weighted by Crippen LogP contribution is -2.52. The van der Waals surface area contributed by atoms with Crippen LogP contribution >= 0.6 is 0 Å². The predicted molar refractivity (Wildman–Crippen MR) is 93.5 cm³/mol. The van der Waals surface area contributed by atoms with Crippen LogP contribution in [-0.2, 0) is 11.2 Å². The Kier molecular flexibility index (Phi) is 5.76. The Morgan fingerprint density at radius 1 is 1.36 bits per heavy atom. The number of aliphatic hydroxyl groups is 1. The maximum Gasteiger partial charge on any atom is 0.335 e. The lowest BCUT2D eigenvalue weighted by Gasteiger charge is -2.30. The molecule has 2 aromatic rings. The smallest absolute Gasteiger partial charge is 0.335 e. The van der Waals surface area contributed by atoms with Crippen molar-refractivity contribution >= 4 is 22.9 Å². The fourth-order valence-electron chi connectivity index (χ4n) is 2.87. The first-order valence-electron chi connectivity index (χ1n) is 8.02. The number of nitrogens with one attached hydrogen (secondary N) is 2. The van der Waals surface area contributed by atoms with E-state index in [0.717, 1.165) is 5.52 Å². The van der Waals surface area contributed by atoms with Crippen LogP contribution in [0.5, 0.6) is 0 Å². The van der Waals surface area contributed by atoms with Crippen LogP contribution in [0.25, 0.3) is 11.0 Å². The average molecular weight is 348 g/mol. The van der Waals surface area contributed by atoms with Crippen molar-refractivity contribution in [3.63, 3.8) is 0 Å². The zero-order chi connectivity index (χ0) is 18.7. The summed E-state index contributed by atoms with van der Waals surface area (Å²) in [5.41, 5.74) is 1.47. The molecule has 25 heavy (non-hydrogen) atoms. The summed E-state index contributed by atoms with van der Waals surface area (Å²) in [4.78, 5) is 32.2. The Bertz CT molecular complexity index is 771. The summed E-state index contributed by atoms with van der Waals surface area (Å²) in [6.07, 6.45) is -0.447. The van der Waals surface area contributed by atoms with Gasteiger partial charge in [-0.05, 0) is 38.2 Å². The first-order valence-corrected chi connectivity index (χ1v) is 8.02. The molecule has 0 unspecified atom stereocenters. The van der Waals surface area contributed by atoms with Crippen molar-refractivity contribution < 1.29 is 19.8 Å². The van der Waals surface area contributed by atoms with E-state index in [1.807, 2.05) is 6.92 Å². The van der Waals surface area contributed by atoms with Crippen LogP contribution in [-0.4, -0.2) is 70.2 Å². The van der Waals surface area contributed by atoms with Crippen molar-refractivity contribution in [2.45, 2.75) is 25.5 Å². The maximum atomic E-state index is 12.0. The third-order valence-corrected chi connectivity index (χ3v) is 4.27. The first kappa shape index (κ1) is 18.9. The molecule has 0 spiro atoms. The molecule has 0 aliphatic rings. The SMILES string of the molecule is CNC(=O)[C@@H]([C@H](O)[C@H](C)Cc1nc2cc(C(=O)O)ccc2[nH]1)N(C)C. The van der Waals surface area contributed by atoms with Crippen molar-refractivity contribution in [1.29, 1.82) is 0 Å². The second-order valence-electron chi connectivity index (χ2n) is 6.42. The Morgan fingerprint density at radius 3 is 2.60 bits per heavy atom. The summed E-state index contributed by atoms with van der Waals surface area (Å²) in [5, 5.41) is 22.2. The number of carbonyl (C=O) groups excluding carboxylic acids is 1. The summed E-state index contributed by atoms with van der Waals surface area (Å²) in [6, 6.07) is 4.02. The van der Waals surface area contributed by atoms with E-state index >= 15 is 0 Å². The van der Waals surface area contributed by atoms with Gasteiger partial charge in [-0.3, -0.25) is 9.69 Å². The summed E-state index contributed by atoms with van der Waals surface area (Å²) >= 11 is 0. The molecule has 1 amide bonds. The van der Waals surface area contributed by atoms with Gasteiger partial charge in [0.05, 0.1) is 22.7 Å². The molecule has 4 N–H and O–H groups in total. The van der Waals surface area contributed by atoms with Crippen molar-refractivity contribution in [1.82, 2.24) is 20.2 Å². The van der Waals surface area contributed by atoms with Gasteiger partial charge in [-0.1, -0.05) is 6.92 Å². The van der Waals surface area contributed by atoms with Crippen LogP contribution in [0.4, 0.5) is 0 Å². The second kappa shape index (κ2) is 7.62.